The maximum Gasteiger partial charge on any atom is 0.409 e. The topological polar surface area (TPSA) is 66.9 Å². The summed E-state index contributed by atoms with van der Waals surface area (Å²) < 4.78 is 32.4. The number of nitrogens with zero attached hydrogens (tertiary/aromatic N) is 2. The first kappa shape index (κ1) is 17.2. The second kappa shape index (κ2) is 7.11. The molecule has 0 spiro atoms. The summed E-state index contributed by atoms with van der Waals surface area (Å²) in [6.45, 7) is 3.71. The molecule has 2 aliphatic rings. The van der Waals surface area contributed by atoms with Crippen molar-refractivity contribution < 1.29 is 17.9 Å². The number of aryl methyl sites for hydroxylation is 2. The van der Waals surface area contributed by atoms with E-state index >= 15 is 0 Å². The van der Waals surface area contributed by atoms with Crippen molar-refractivity contribution in [2.75, 3.05) is 32.8 Å². The third kappa shape index (κ3) is 3.42. The third-order valence-corrected chi connectivity index (χ3v) is 6.58. The quantitative estimate of drug-likeness (QED) is 0.835. The smallest absolute Gasteiger partial charge is 0.409 e. The van der Waals surface area contributed by atoms with Crippen molar-refractivity contribution >= 4 is 16.1 Å². The van der Waals surface area contributed by atoms with Crippen molar-refractivity contribution in [2.24, 2.45) is 0 Å². The van der Waals surface area contributed by atoms with Gasteiger partial charge in [0.05, 0.1) is 11.5 Å². The van der Waals surface area contributed by atoms with Gasteiger partial charge in [-0.05, 0) is 55.9 Å². The fourth-order valence-corrected chi connectivity index (χ4v) is 4.91. The lowest BCUT2D eigenvalue weighted by molar-refractivity contribution is 0.109. The molecule has 132 valence electrons. The van der Waals surface area contributed by atoms with Crippen LogP contribution in [0.4, 0.5) is 4.79 Å². The summed E-state index contributed by atoms with van der Waals surface area (Å²) in [5.41, 5.74) is 2.41. The highest BCUT2D eigenvalue weighted by atomic mass is 32.2. The molecule has 0 aromatic heterocycles. The number of hydrogen-bond donors (Lipinski definition) is 0. The molecule has 1 aromatic rings. The van der Waals surface area contributed by atoms with Crippen LogP contribution < -0.4 is 0 Å². The van der Waals surface area contributed by atoms with Gasteiger partial charge in [-0.3, -0.25) is 0 Å². The molecule has 3 rings (SSSR count). The highest BCUT2D eigenvalue weighted by Crippen LogP contribution is 2.26. The number of ether oxygens (including phenoxy) is 1. The molecular weight excluding hydrogens is 328 g/mol. The predicted octanol–water partition coefficient (Wildman–Crippen LogP) is 2.03. The average molecular weight is 352 g/mol. The van der Waals surface area contributed by atoms with Gasteiger partial charge in [0.2, 0.25) is 10.0 Å². The lowest BCUT2D eigenvalue weighted by atomic mass is 10.1. The first-order chi connectivity index (χ1) is 11.5. The Bertz CT molecular complexity index is 717. The molecule has 0 N–H and O–H groups in total. The normalized spacial score (nSPS) is 19.0. The first-order valence-electron chi connectivity index (χ1n) is 8.56. The Morgan fingerprint density at radius 2 is 1.88 bits per heavy atom. The van der Waals surface area contributed by atoms with Crippen LogP contribution >= 0.6 is 0 Å². The minimum absolute atomic E-state index is 0.304. The van der Waals surface area contributed by atoms with E-state index < -0.39 is 10.0 Å². The Balaban J connectivity index is 1.74. The van der Waals surface area contributed by atoms with Crippen LogP contribution in [0.25, 0.3) is 0 Å². The summed E-state index contributed by atoms with van der Waals surface area (Å²) in [6.07, 6.45) is 3.33. The van der Waals surface area contributed by atoms with Gasteiger partial charge in [0.25, 0.3) is 0 Å². The van der Waals surface area contributed by atoms with Crippen molar-refractivity contribution in [3.8, 4) is 0 Å². The van der Waals surface area contributed by atoms with Gasteiger partial charge in [0.1, 0.15) is 0 Å². The molecule has 0 saturated carbocycles. The number of rotatable bonds is 3. The zero-order valence-corrected chi connectivity index (χ0v) is 14.8. The van der Waals surface area contributed by atoms with E-state index in [9.17, 15) is 13.2 Å². The molecule has 0 atom stereocenters. The van der Waals surface area contributed by atoms with Crippen LogP contribution in [0, 0.1) is 0 Å². The Labute approximate surface area is 143 Å². The average Bonchev–Trinajstić information content (AvgIpc) is 2.88. The van der Waals surface area contributed by atoms with Crippen LogP contribution in [-0.2, 0) is 27.6 Å². The second-order valence-corrected chi connectivity index (χ2v) is 8.17. The van der Waals surface area contributed by atoms with Crippen molar-refractivity contribution in [2.45, 2.75) is 37.5 Å². The van der Waals surface area contributed by atoms with Gasteiger partial charge in [-0.2, -0.15) is 4.31 Å². The number of carbonyl (C=O) groups excluding carboxylic acids is 1. The zero-order valence-electron chi connectivity index (χ0n) is 14.0. The second-order valence-electron chi connectivity index (χ2n) is 6.23. The van der Waals surface area contributed by atoms with Crippen molar-refractivity contribution in [3.63, 3.8) is 0 Å². The molecule has 1 aromatic carbocycles. The summed E-state index contributed by atoms with van der Waals surface area (Å²) in [6, 6.07) is 5.48. The first-order valence-corrected chi connectivity index (χ1v) is 10.00. The van der Waals surface area contributed by atoms with Gasteiger partial charge in [-0.15, -0.1) is 0 Å². The van der Waals surface area contributed by atoms with Crippen LogP contribution in [-0.4, -0.2) is 56.5 Å². The summed E-state index contributed by atoms with van der Waals surface area (Å²) in [5.74, 6) is 0. The number of benzene rings is 1. The number of hydrogen-bond acceptors (Lipinski definition) is 4. The number of amides is 1. The van der Waals surface area contributed by atoms with Crippen LogP contribution in [0.5, 0.6) is 0 Å². The van der Waals surface area contributed by atoms with Crippen LogP contribution in [0.1, 0.15) is 30.9 Å². The molecule has 1 amide bonds. The predicted molar refractivity (Wildman–Crippen MR) is 90.4 cm³/mol. The molecule has 7 heteroatoms. The minimum atomic E-state index is -3.51. The SMILES string of the molecule is CCOC(=O)N1CCCN(S(=O)(=O)c2ccc3c(c2)CCC3)CC1. The monoisotopic (exact) mass is 352 g/mol. The summed E-state index contributed by atoms with van der Waals surface area (Å²) in [4.78, 5) is 13.8. The molecular formula is C17H24N2O4S. The molecule has 1 aliphatic carbocycles. The lowest BCUT2D eigenvalue weighted by Crippen LogP contribution is -2.37. The minimum Gasteiger partial charge on any atom is -0.450 e. The van der Waals surface area contributed by atoms with Crippen LogP contribution in [0.2, 0.25) is 0 Å². The molecule has 1 fully saturated rings. The summed E-state index contributed by atoms with van der Waals surface area (Å²) in [5, 5.41) is 0. The fraction of sp³-hybridized carbons (Fsp3) is 0.588. The maximum atomic E-state index is 12.9. The molecule has 24 heavy (non-hydrogen) atoms. The Hall–Kier alpha value is -1.60. The largest absolute Gasteiger partial charge is 0.450 e. The standard InChI is InChI=1S/C17H24N2O4S/c1-2-23-17(20)18-9-4-10-19(12-11-18)24(21,22)16-8-7-14-5-3-6-15(14)13-16/h7-8,13H,2-6,9-12H2,1H3. The van der Waals surface area contributed by atoms with E-state index in [1.165, 1.54) is 9.87 Å². The van der Waals surface area contributed by atoms with Gasteiger partial charge < -0.3 is 9.64 Å². The van der Waals surface area contributed by atoms with E-state index in [0.717, 1.165) is 24.8 Å². The van der Waals surface area contributed by atoms with E-state index in [4.69, 9.17) is 4.74 Å². The highest BCUT2D eigenvalue weighted by Gasteiger charge is 2.29. The Kier molecular flexibility index (Phi) is 5.10. The van der Waals surface area contributed by atoms with Crippen LogP contribution in [0.3, 0.4) is 0 Å². The van der Waals surface area contributed by atoms with Gasteiger partial charge in [0.15, 0.2) is 0 Å². The lowest BCUT2D eigenvalue weighted by Gasteiger charge is -2.21. The van der Waals surface area contributed by atoms with E-state index in [1.54, 1.807) is 17.9 Å². The molecule has 0 radical (unpaired) electrons. The number of fused-ring (bicyclic) bond motifs is 1. The van der Waals surface area contributed by atoms with Crippen molar-refractivity contribution in [1.82, 2.24) is 9.21 Å². The number of carbonyl (C=O) groups is 1. The molecule has 1 aliphatic heterocycles. The summed E-state index contributed by atoms with van der Waals surface area (Å²) >= 11 is 0. The molecule has 6 nitrogen and oxygen atoms in total. The van der Waals surface area contributed by atoms with E-state index in [2.05, 4.69) is 0 Å². The summed E-state index contributed by atoms with van der Waals surface area (Å²) in [7, 11) is -3.51. The van der Waals surface area contributed by atoms with Crippen molar-refractivity contribution in [3.05, 3.63) is 29.3 Å². The van der Waals surface area contributed by atoms with Gasteiger partial charge in [0, 0.05) is 26.2 Å². The van der Waals surface area contributed by atoms with Crippen LogP contribution in [0.15, 0.2) is 23.1 Å². The van der Waals surface area contributed by atoms with Gasteiger partial charge >= 0.3 is 6.09 Å². The van der Waals surface area contributed by atoms with E-state index in [0.29, 0.717) is 44.1 Å². The molecule has 0 bridgehead atoms. The van der Waals surface area contributed by atoms with E-state index in [-0.39, 0.29) is 6.09 Å². The van der Waals surface area contributed by atoms with Gasteiger partial charge in [-0.25, -0.2) is 13.2 Å². The fourth-order valence-electron chi connectivity index (χ4n) is 3.39. The van der Waals surface area contributed by atoms with E-state index in [1.807, 2.05) is 12.1 Å². The molecule has 1 heterocycles. The van der Waals surface area contributed by atoms with Crippen molar-refractivity contribution in [1.29, 1.82) is 0 Å². The number of sulfonamides is 1. The highest BCUT2D eigenvalue weighted by molar-refractivity contribution is 7.89. The zero-order chi connectivity index (χ0) is 17.2. The maximum absolute atomic E-state index is 12.9. The molecule has 1 saturated heterocycles. The molecule has 0 unspecified atom stereocenters. The van der Waals surface area contributed by atoms with Gasteiger partial charge in [-0.1, -0.05) is 6.07 Å². The third-order valence-electron chi connectivity index (χ3n) is 4.69. The Morgan fingerprint density at radius 3 is 2.67 bits per heavy atom. The Morgan fingerprint density at radius 1 is 1.08 bits per heavy atom.